The van der Waals surface area contributed by atoms with Gasteiger partial charge in [-0.25, -0.2) is 13.2 Å². The predicted octanol–water partition coefficient (Wildman–Crippen LogP) is 1.55. The van der Waals surface area contributed by atoms with E-state index in [0.29, 0.717) is 5.92 Å². The van der Waals surface area contributed by atoms with Gasteiger partial charge >= 0.3 is 12.2 Å². The van der Waals surface area contributed by atoms with Crippen LogP contribution in [-0.2, 0) is 9.84 Å². The molecule has 0 bridgehead atoms. The van der Waals surface area contributed by atoms with Gasteiger partial charge in [-0.15, -0.1) is 0 Å². The fourth-order valence-corrected chi connectivity index (χ4v) is 5.97. The quantitative estimate of drug-likeness (QED) is 0.829. The predicted molar refractivity (Wildman–Crippen MR) is 73.0 cm³/mol. The van der Waals surface area contributed by atoms with Crippen LogP contribution in [-0.4, -0.2) is 55.7 Å². The standard InChI is InChI=1S/C13H19F3N2O3S/c1-8(9-2-3-9)17-11(19)18-6-10-12(7-18,13(14,15)16)4-5-22(10,20)21/h8-10H,2-7H2,1H3,(H,17,19)/t8?,10-,12-/m1/s1. The minimum atomic E-state index is -4.63. The third-order valence-corrected chi connectivity index (χ3v) is 7.51. The number of halogens is 3. The molecule has 0 radical (unpaired) electrons. The second kappa shape index (κ2) is 4.75. The molecule has 1 saturated carbocycles. The molecular weight excluding hydrogens is 321 g/mol. The monoisotopic (exact) mass is 340 g/mol. The summed E-state index contributed by atoms with van der Waals surface area (Å²) in [6.07, 6.45) is -3.07. The van der Waals surface area contributed by atoms with Crippen molar-refractivity contribution < 1.29 is 26.4 Å². The Balaban J connectivity index is 1.79. The van der Waals surface area contributed by atoms with E-state index in [0.717, 1.165) is 17.7 Å². The Morgan fingerprint density at radius 1 is 1.36 bits per heavy atom. The van der Waals surface area contributed by atoms with Gasteiger partial charge in [-0.3, -0.25) is 0 Å². The van der Waals surface area contributed by atoms with Crippen LogP contribution in [0.1, 0.15) is 26.2 Å². The van der Waals surface area contributed by atoms with Crippen molar-refractivity contribution in [3.8, 4) is 0 Å². The van der Waals surface area contributed by atoms with Gasteiger partial charge in [0.25, 0.3) is 0 Å². The highest BCUT2D eigenvalue weighted by Crippen LogP contribution is 2.54. The molecule has 0 aromatic heterocycles. The number of amides is 2. The first kappa shape index (κ1) is 15.9. The maximum atomic E-state index is 13.5. The summed E-state index contributed by atoms with van der Waals surface area (Å²) >= 11 is 0. The highest BCUT2D eigenvalue weighted by Gasteiger charge is 2.70. The second-order valence-electron chi connectivity index (χ2n) is 6.72. The Morgan fingerprint density at radius 3 is 2.50 bits per heavy atom. The van der Waals surface area contributed by atoms with Crippen molar-refractivity contribution in [2.75, 3.05) is 18.8 Å². The highest BCUT2D eigenvalue weighted by molar-refractivity contribution is 7.92. The lowest BCUT2D eigenvalue weighted by Gasteiger charge is -2.30. The lowest BCUT2D eigenvalue weighted by Crippen LogP contribution is -2.47. The summed E-state index contributed by atoms with van der Waals surface area (Å²) < 4.78 is 64.3. The Labute approximate surface area is 127 Å². The van der Waals surface area contributed by atoms with E-state index < -0.39 is 51.4 Å². The maximum Gasteiger partial charge on any atom is 0.397 e. The molecule has 0 spiro atoms. The number of nitrogens with one attached hydrogen (secondary N) is 1. The summed E-state index contributed by atoms with van der Waals surface area (Å²) in [5.74, 6) is -0.0724. The molecule has 1 N–H and O–H groups in total. The average Bonchev–Trinajstić information content (AvgIpc) is 3.09. The van der Waals surface area contributed by atoms with Crippen LogP contribution >= 0.6 is 0 Å². The van der Waals surface area contributed by atoms with E-state index in [4.69, 9.17) is 0 Å². The molecule has 3 aliphatic rings. The third kappa shape index (κ3) is 2.37. The largest absolute Gasteiger partial charge is 0.397 e. The van der Waals surface area contributed by atoms with Crippen LogP contribution in [0.4, 0.5) is 18.0 Å². The van der Waals surface area contributed by atoms with Gasteiger partial charge in [0, 0.05) is 19.1 Å². The number of nitrogens with zero attached hydrogens (tertiary/aromatic N) is 1. The van der Waals surface area contributed by atoms with Crippen LogP contribution in [0, 0.1) is 11.3 Å². The molecule has 0 aromatic rings. The first-order chi connectivity index (χ1) is 10.1. The van der Waals surface area contributed by atoms with E-state index >= 15 is 0 Å². The number of alkyl halides is 3. The molecule has 3 fully saturated rings. The average molecular weight is 340 g/mol. The molecule has 2 aliphatic heterocycles. The van der Waals surface area contributed by atoms with Crippen molar-refractivity contribution in [2.45, 2.75) is 43.7 Å². The van der Waals surface area contributed by atoms with E-state index in [1.54, 1.807) is 0 Å². The third-order valence-electron chi connectivity index (χ3n) is 5.27. The lowest BCUT2D eigenvalue weighted by atomic mass is 9.83. The Hall–Kier alpha value is -0.990. The summed E-state index contributed by atoms with van der Waals surface area (Å²) in [6, 6.07) is -0.681. The number of fused-ring (bicyclic) bond motifs is 1. The smallest absolute Gasteiger partial charge is 0.335 e. The lowest BCUT2D eigenvalue weighted by molar-refractivity contribution is -0.215. The zero-order valence-electron chi connectivity index (χ0n) is 12.2. The van der Waals surface area contributed by atoms with Crippen molar-refractivity contribution in [1.82, 2.24) is 10.2 Å². The topological polar surface area (TPSA) is 66.5 Å². The van der Waals surface area contributed by atoms with Crippen LogP contribution in [0.3, 0.4) is 0 Å². The van der Waals surface area contributed by atoms with Crippen molar-refractivity contribution in [1.29, 1.82) is 0 Å². The summed E-state index contributed by atoms with van der Waals surface area (Å²) in [6.45, 7) is 0.886. The molecule has 2 amide bonds. The van der Waals surface area contributed by atoms with Gasteiger partial charge in [0.1, 0.15) is 5.41 Å². The molecule has 22 heavy (non-hydrogen) atoms. The first-order valence-electron chi connectivity index (χ1n) is 7.40. The zero-order valence-corrected chi connectivity index (χ0v) is 13.0. The van der Waals surface area contributed by atoms with Crippen molar-refractivity contribution in [3.05, 3.63) is 0 Å². The van der Waals surface area contributed by atoms with Crippen molar-refractivity contribution in [2.24, 2.45) is 11.3 Å². The van der Waals surface area contributed by atoms with Gasteiger partial charge in [0.15, 0.2) is 9.84 Å². The molecule has 5 nitrogen and oxygen atoms in total. The molecular formula is C13H19F3N2O3S. The van der Waals surface area contributed by atoms with Crippen LogP contribution in [0.2, 0.25) is 0 Å². The van der Waals surface area contributed by atoms with Gasteiger partial charge in [-0.1, -0.05) is 0 Å². The molecule has 2 heterocycles. The number of sulfone groups is 1. The molecule has 2 saturated heterocycles. The number of likely N-dealkylation sites (tertiary alicyclic amines) is 1. The normalized spacial score (nSPS) is 35.3. The Morgan fingerprint density at radius 2 is 2.00 bits per heavy atom. The van der Waals surface area contributed by atoms with Crippen molar-refractivity contribution >= 4 is 15.9 Å². The number of carbonyl (C=O) groups excluding carboxylic acids is 1. The van der Waals surface area contributed by atoms with E-state index in [1.807, 2.05) is 6.92 Å². The minimum Gasteiger partial charge on any atom is -0.335 e. The van der Waals surface area contributed by atoms with Gasteiger partial charge in [-0.2, -0.15) is 13.2 Å². The van der Waals surface area contributed by atoms with Gasteiger partial charge in [0.05, 0.1) is 11.0 Å². The molecule has 9 heteroatoms. The Bertz CT molecular complexity index is 588. The molecule has 0 aromatic carbocycles. The van der Waals surface area contributed by atoms with Crippen LogP contribution in [0.5, 0.6) is 0 Å². The zero-order chi connectivity index (χ0) is 16.3. The molecule has 3 rings (SSSR count). The van der Waals surface area contributed by atoms with E-state index in [-0.39, 0.29) is 12.6 Å². The second-order valence-corrected chi connectivity index (χ2v) is 9.02. The van der Waals surface area contributed by atoms with Crippen LogP contribution in [0.15, 0.2) is 0 Å². The van der Waals surface area contributed by atoms with Crippen molar-refractivity contribution in [3.63, 3.8) is 0 Å². The minimum absolute atomic E-state index is 0.0913. The number of hydrogen-bond acceptors (Lipinski definition) is 3. The van der Waals surface area contributed by atoms with Gasteiger partial charge in [-0.05, 0) is 32.1 Å². The van der Waals surface area contributed by atoms with Gasteiger partial charge < -0.3 is 10.2 Å². The summed E-state index contributed by atoms with van der Waals surface area (Å²) in [5.41, 5.74) is -2.30. The van der Waals surface area contributed by atoms with Gasteiger partial charge in [0.2, 0.25) is 0 Å². The van der Waals surface area contributed by atoms with E-state index in [1.165, 1.54) is 0 Å². The number of carbonyl (C=O) groups is 1. The number of hydrogen-bond donors (Lipinski definition) is 1. The first-order valence-corrected chi connectivity index (χ1v) is 9.12. The molecule has 1 unspecified atom stereocenters. The summed E-state index contributed by atoms with van der Waals surface area (Å²) in [7, 11) is -3.81. The fourth-order valence-electron chi connectivity index (χ4n) is 3.61. The maximum absolute atomic E-state index is 13.5. The molecule has 3 atom stereocenters. The molecule has 1 aliphatic carbocycles. The SMILES string of the molecule is CC(NC(=O)N1C[C@@H]2[C@@](C(F)(F)F)(CCS2(=O)=O)C1)C1CC1. The van der Waals surface area contributed by atoms with Crippen LogP contribution in [0.25, 0.3) is 0 Å². The fraction of sp³-hybridized carbons (Fsp3) is 0.923. The summed E-state index contributed by atoms with van der Waals surface area (Å²) in [4.78, 5) is 13.2. The van der Waals surface area contributed by atoms with Crippen LogP contribution < -0.4 is 5.32 Å². The highest BCUT2D eigenvalue weighted by atomic mass is 32.2. The number of urea groups is 1. The van der Waals surface area contributed by atoms with E-state index in [9.17, 15) is 26.4 Å². The summed E-state index contributed by atoms with van der Waals surface area (Å²) in [5, 5.41) is 1.17. The van der Waals surface area contributed by atoms with E-state index in [2.05, 4.69) is 5.32 Å². The molecule has 126 valence electrons. The Kier molecular flexibility index (Phi) is 3.43. The number of rotatable bonds is 2.